The van der Waals surface area contributed by atoms with Gasteiger partial charge in [0.15, 0.2) is 0 Å². The van der Waals surface area contributed by atoms with Crippen molar-refractivity contribution >= 4 is 11.6 Å². The lowest BCUT2D eigenvalue weighted by molar-refractivity contribution is -0.147. The Bertz CT molecular complexity index is 744. The molecule has 134 valence electrons. The highest BCUT2D eigenvalue weighted by atomic mass is 16.5. The smallest absolute Gasteiger partial charge is 0.250 e. The highest BCUT2D eigenvalue weighted by molar-refractivity contribution is 5.83. The third-order valence-electron chi connectivity index (χ3n) is 4.46. The number of nitrogens with zero attached hydrogens (tertiary/aromatic N) is 5. The second kappa shape index (κ2) is 6.79. The van der Waals surface area contributed by atoms with Crippen molar-refractivity contribution in [2.24, 2.45) is 0 Å². The molecule has 1 unspecified atom stereocenters. The number of morpholine rings is 1. The molecule has 0 radical (unpaired) electrons. The van der Waals surface area contributed by atoms with Gasteiger partial charge in [-0.2, -0.15) is 5.10 Å². The molecule has 1 aliphatic heterocycles. The standard InChI is InChI=1S/C17H24N6O2/c1-12-7-13(18-4)8-14(21-12)15-9-22(5-6-25-15)16(24)17(2,3)23-11-19-10-20-23/h7-8,10-11,15H,5-6,9H2,1-4H3,(H,18,21). The molecule has 3 rings (SSSR count). The van der Waals surface area contributed by atoms with Crippen LogP contribution in [0.15, 0.2) is 24.8 Å². The molecule has 0 aromatic carbocycles. The van der Waals surface area contributed by atoms with E-state index in [-0.39, 0.29) is 12.0 Å². The van der Waals surface area contributed by atoms with E-state index in [1.165, 1.54) is 6.33 Å². The van der Waals surface area contributed by atoms with Gasteiger partial charge in [-0.15, -0.1) is 0 Å². The zero-order chi connectivity index (χ0) is 18.0. The maximum Gasteiger partial charge on any atom is 0.250 e. The summed E-state index contributed by atoms with van der Waals surface area (Å²) in [5.41, 5.74) is 1.93. The number of hydrogen-bond acceptors (Lipinski definition) is 6. The Labute approximate surface area is 147 Å². The fourth-order valence-corrected chi connectivity index (χ4v) is 3.00. The molecule has 8 heteroatoms. The number of aryl methyl sites for hydroxylation is 1. The Morgan fingerprint density at radius 2 is 2.20 bits per heavy atom. The monoisotopic (exact) mass is 344 g/mol. The number of carbonyl (C=O) groups is 1. The van der Waals surface area contributed by atoms with Crippen LogP contribution in [-0.4, -0.2) is 57.3 Å². The zero-order valence-corrected chi connectivity index (χ0v) is 15.1. The van der Waals surface area contributed by atoms with Crippen LogP contribution < -0.4 is 5.32 Å². The number of pyridine rings is 1. The summed E-state index contributed by atoms with van der Waals surface area (Å²) in [7, 11) is 1.87. The molecular formula is C17H24N6O2. The SMILES string of the molecule is CNc1cc(C)nc(C2CN(C(=O)C(C)(C)n3cncn3)CCO2)c1. The van der Waals surface area contributed by atoms with Gasteiger partial charge in [0.05, 0.1) is 18.8 Å². The predicted octanol–water partition coefficient (Wildman–Crippen LogP) is 1.36. The van der Waals surface area contributed by atoms with Crippen molar-refractivity contribution < 1.29 is 9.53 Å². The van der Waals surface area contributed by atoms with Crippen LogP contribution in [0.2, 0.25) is 0 Å². The predicted molar refractivity (Wildman–Crippen MR) is 93.1 cm³/mol. The van der Waals surface area contributed by atoms with Gasteiger partial charge < -0.3 is 15.0 Å². The minimum absolute atomic E-state index is 0.00667. The van der Waals surface area contributed by atoms with E-state index in [0.717, 1.165) is 17.1 Å². The average Bonchev–Trinajstić information content (AvgIpc) is 3.16. The first kappa shape index (κ1) is 17.3. The van der Waals surface area contributed by atoms with Gasteiger partial charge in [-0.25, -0.2) is 9.67 Å². The summed E-state index contributed by atoms with van der Waals surface area (Å²) in [6, 6.07) is 3.94. The molecule has 0 spiro atoms. The molecule has 2 aromatic rings. The number of ether oxygens (including phenoxy) is 1. The quantitative estimate of drug-likeness (QED) is 0.901. The zero-order valence-electron chi connectivity index (χ0n) is 15.1. The minimum atomic E-state index is -0.797. The van der Waals surface area contributed by atoms with Gasteiger partial charge in [0, 0.05) is 25.0 Å². The molecule has 1 N–H and O–H groups in total. The number of rotatable bonds is 4. The van der Waals surface area contributed by atoms with E-state index in [9.17, 15) is 4.79 Å². The normalized spacial score (nSPS) is 18.2. The van der Waals surface area contributed by atoms with Gasteiger partial charge in [0.1, 0.15) is 24.3 Å². The molecule has 0 bridgehead atoms. The molecule has 1 fully saturated rings. The molecule has 1 atom stereocenters. The molecule has 1 amide bonds. The van der Waals surface area contributed by atoms with Crippen LogP contribution in [0.4, 0.5) is 5.69 Å². The molecule has 25 heavy (non-hydrogen) atoms. The van der Waals surface area contributed by atoms with Crippen molar-refractivity contribution in [2.75, 3.05) is 32.1 Å². The third kappa shape index (κ3) is 3.48. The van der Waals surface area contributed by atoms with Crippen LogP contribution in [0.25, 0.3) is 0 Å². The van der Waals surface area contributed by atoms with Crippen molar-refractivity contribution in [3.05, 3.63) is 36.2 Å². The maximum absolute atomic E-state index is 13.0. The Balaban J connectivity index is 1.79. The molecule has 0 saturated carbocycles. The van der Waals surface area contributed by atoms with E-state index in [1.807, 2.05) is 44.9 Å². The Morgan fingerprint density at radius 1 is 1.40 bits per heavy atom. The first-order valence-electron chi connectivity index (χ1n) is 8.34. The minimum Gasteiger partial charge on any atom is -0.388 e. The summed E-state index contributed by atoms with van der Waals surface area (Å²) < 4.78 is 7.47. The molecule has 8 nitrogen and oxygen atoms in total. The molecule has 1 aliphatic rings. The Hall–Kier alpha value is -2.48. The van der Waals surface area contributed by atoms with E-state index in [1.54, 1.807) is 11.0 Å². The number of amides is 1. The van der Waals surface area contributed by atoms with Crippen LogP contribution >= 0.6 is 0 Å². The number of anilines is 1. The molecule has 1 saturated heterocycles. The average molecular weight is 344 g/mol. The van der Waals surface area contributed by atoms with E-state index in [2.05, 4.69) is 20.4 Å². The fourth-order valence-electron chi connectivity index (χ4n) is 3.00. The summed E-state index contributed by atoms with van der Waals surface area (Å²) in [5.74, 6) is -0.00667. The van der Waals surface area contributed by atoms with Crippen LogP contribution in [0, 0.1) is 6.92 Å². The van der Waals surface area contributed by atoms with Gasteiger partial charge >= 0.3 is 0 Å². The molecular weight excluding hydrogens is 320 g/mol. The largest absolute Gasteiger partial charge is 0.388 e. The summed E-state index contributed by atoms with van der Waals surface area (Å²) in [4.78, 5) is 23.4. The van der Waals surface area contributed by atoms with Gasteiger partial charge in [0.25, 0.3) is 0 Å². The lowest BCUT2D eigenvalue weighted by atomic mass is 10.0. The lowest BCUT2D eigenvalue weighted by Crippen LogP contribution is -2.51. The van der Waals surface area contributed by atoms with E-state index in [4.69, 9.17) is 4.74 Å². The fraction of sp³-hybridized carbons (Fsp3) is 0.529. The van der Waals surface area contributed by atoms with Crippen molar-refractivity contribution in [1.29, 1.82) is 0 Å². The highest BCUT2D eigenvalue weighted by Gasteiger charge is 2.37. The van der Waals surface area contributed by atoms with Gasteiger partial charge in [-0.05, 0) is 32.9 Å². The summed E-state index contributed by atoms with van der Waals surface area (Å²) in [6.45, 7) is 7.14. The lowest BCUT2D eigenvalue weighted by Gasteiger charge is -2.37. The van der Waals surface area contributed by atoms with Gasteiger partial charge in [-0.3, -0.25) is 9.78 Å². The third-order valence-corrected chi connectivity index (χ3v) is 4.46. The number of carbonyl (C=O) groups excluding carboxylic acids is 1. The molecule has 2 aromatic heterocycles. The van der Waals surface area contributed by atoms with Crippen molar-refractivity contribution in [2.45, 2.75) is 32.4 Å². The topological polar surface area (TPSA) is 85.2 Å². The van der Waals surface area contributed by atoms with Crippen molar-refractivity contribution in [3.8, 4) is 0 Å². The first-order valence-corrected chi connectivity index (χ1v) is 8.34. The summed E-state index contributed by atoms with van der Waals surface area (Å²) in [5, 5.41) is 7.25. The van der Waals surface area contributed by atoms with Crippen molar-refractivity contribution in [3.63, 3.8) is 0 Å². The van der Waals surface area contributed by atoms with E-state index < -0.39 is 5.54 Å². The highest BCUT2D eigenvalue weighted by Crippen LogP contribution is 2.26. The van der Waals surface area contributed by atoms with Crippen LogP contribution in [0.5, 0.6) is 0 Å². The van der Waals surface area contributed by atoms with Crippen molar-refractivity contribution in [1.82, 2.24) is 24.6 Å². The van der Waals surface area contributed by atoms with Crippen LogP contribution in [0.1, 0.15) is 31.3 Å². The first-order chi connectivity index (χ1) is 11.9. The van der Waals surface area contributed by atoms with Gasteiger partial charge in [-0.1, -0.05) is 0 Å². The summed E-state index contributed by atoms with van der Waals surface area (Å²) in [6.07, 6.45) is 2.76. The number of aromatic nitrogens is 4. The van der Waals surface area contributed by atoms with Crippen LogP contribution in [0.3, 0.4) is 0 Å². The van der Waals surface area contributed by atoms with E-state index in [0.29, 0.717) is 19.7 Å². The van der Waals surface area contributed by atoms with Crippen LogP contribution in [-0.2, 0) is 15.1 Å². The Morgan fingerprint density at radius 3 is 2.88 bits per heavy atom. The summed E-state index contributed by atoms with van der Waals surface area (Å²) >= 11 is 0. The maximum atomic E-state index is 13.0. The number of nitrogens with one attached hydrogen (secondary N) is 1. The Kier molecular flexibility index (Phi) is 4.71. The molecule has 3 heterocycles. The second-order valence-electron chi connectivity index (χ2n) is 6.68. The number of hydrogen-bond donors (Lipinski definition) is 1. The van der Waals surface area contributed by atoms with Gasteiger partial charge in [0.2, 0.25) is 5.91 Å². The van der Waals surface area contributed by atoms with E-state index >= 15 is 0 Å². The second-order valence-corrected chi connectivity index (χ2v) is 6.68. The molecule has 0 aliphatic carbocycles.